The number of carbonyl (C=O) groups excluding carboxylic acids is 3. The summed E-state index contributed by atoms with van der Waals surface area (Å²) >= 11 is 0. The van der Waals surface area contributed by atoms with E-state index in [2.05, 4.69) is 21.4 Å². The van der Waals surface area contributed by atoms with Crippen molar-refractivity contribution in [3.63, 3.8) is 0 Å². The first kappa shape index (κ1) is 59.0. The summed E-state index contributed by atoms with van der Waals surface area (Å²) in [4.78, 5) is 51.7. The average Bonchev–Trinajstić information content (AvgIpc) is 2.63. The van der Waals surface area contributed by atoms with Crippen molar-refractivity contribution >= 4 is 39.7 Å². The highest BCUT2D eigenvalue weighted by atomic mass is 19.3. The number of alkyl halides is 4. The van der Waals surface area contributed by atoms with E-state index >= 15 is 0 Å². The quantitative estimate of drug-likeness (QED) is 0.128. The minimum Gasteiger partial charge on any atom is -0.460 e. The number of likely N-dealkylation sites (tertiary alicyclic amines) is 2. The van der Waals surface area contributed by atoms with Crippen LogP contribution in [0.15, 0.2) is 179 Å². The first-order valence-electron chi connectivity index (χ1n) is 29.2. The number of piperidine rings is 2. The fourth-order valence-corrected chi connectivity index (χ4v) is 11.6. The molecular formula is C70H61F6N7O5. The number of nitrogens with zero attached hydrogens (tertiary/aromatic N) is 5. The van der Waals surface area contributed by atoms with Crippen LogP contribution in [0, 0.1) is 11.6 Å². The predicted molar refractivity (Wildman–Crippen MR) is 324 cm³/mol. The molecule has 0 aliphatic carbocycles. The molecule has 2 fully saturated rings. The van der Waals surface area contributed by atoms with Crippen molar-refractivity contribution in [1.82, 2.24) is 30.0 Å². The van der Waals surface area contributed by atoms with Gasteiger partial charge in [-0.1, -0.05) is 48.5 Å². The third-order valence-corrected chi connectivity index (χ3v) is 16.6. The number of pyridine rings is 2. The number of hydrogen-bond acceptors (Lipinski definition) is 9. The lowest BCUT2D eigenvalue weighted by Crippen LogP contribution is -2.42. The first-order valence-corrected chi connectivity index (χ1v) is 29.2. The van der Waals surface area contributed by atoms with Crippen LogP contribution in [0.1, 0.15) is 86.6 Å². The lowest BCUT2D eigenvalue weighted by atomic mass is 9.96. The molecule has 0 radical (unpaired) electrons. The highest BCUT2D eigenvalue weighted by Crippen LogP contribution is 2.39. The van der Waals surface area contributed by atoms with Gasteiger partial charge in [0.2, 0.25) is 5.91 Å². The van der Waals surface area contributed by atoms with Gasteiger partial charge in [0.1, 0.15) is 34.3 Å². The highest BCUT2D eigenvalue weighted by Gasteiger charge is 2.37. The fourth-order valence-electron chi connectivity index (χ4n) is 11.6. The Morgan fingerprint density at radius 1 is 0.489 bits per heavy atom. The molecule has 4 aliphatic rings. The monoisotopic (exact) mass is 1190 g/mol. The van der Waals surface area contributed by atoms with Crippen LogP contribution < -0.4 is 11.1 Å². The van der Waals surface area contributed by atoms with Gasteiger partial charge in [0.15, 0.2) is 0 Å². The summed E-state index contributed by atoms with van der Waals surface area (Å²) in [7, 11) is 0. The van der Waals surface area contributed by atoms with E-state index in [1.807, 2.05) is 84.0 Å². The van der Waals surface area contributed by atoms with E-state index in [1.54, 1.807) is 60.9 Å². The Kier molecular flexibility index (Phi) is 16.8. The van der Waals surface area contributed by atoms with Crippen molar-refractivity contribution in [3.05, 3.63) is 227 Å². The molecule has 10 aromatic rings. The van der Waals surface area contributed by atoms with Gasteiger partial charge in [0, 0.05) is 149 Å². The van der Waals surface area contributed by atoms with Crippen molar-refractivity contribution in [1.29, 1.82) is 0 Å². The van der Waals surface area contributed by atoms with E-state index in [0.717, 1.165) is 79.5 Å². The molecule has 8 heterocycles. The van der Waals surface area contributed by atoms with Crippen LogP contribution in [-0.4, -0.2) is 80.4 Å². The molecule has 12 nitrogen and oxygen atoms in total. The summed E-state index contributed by atoms with van der Waals surface area (Å²) in [6, 6.07) is 42.3. The fraction of sp³-hybridized carbons (Fsp3) is 0.243. The number of amides is 3. The molecule has 448 valence electrons. The summed E-state index contributed by atoms with van der Waals surface area (Å²) in [5.41, 5.74) is 19.6. The summed E-state index contributed by atoms with van der Waals surface area (Å²) < 4.78 is 93.5. The smallest absolute Gasteiger partial charge is 0.253 e. The maximum absolute atomic E-state index is 13.8. The third kappa shape index (κ3) is 13.3. The van der Waals surface area contributed by atoms with E-state index < -0.39 is 11.8 Å². The molecule has 6 aromatic carbocycles. The second-order valence-corrected chi connectivity index (χ2v) is 22.6. The molecule has 0 bridgehead atoms. The second-order valence-electron chi connectivity index (χ2n) is 22.6. The number of rotatable bonds is 10. The highest BCUT2D eigenvalue weighted by molar-refractivity contribution is 6.00. The number of furan rings is 2. The SMILES string of the molecule is NCc1cc2cc(-c3ccc(C(=O)N4CCC(F)(F)CC4)cc3)cc(-c3ccc(F)cc3)c2o1.O=C(CCc1cc2cc(-c3ccc(C(=O)N4CCC(F)(F)CC4)cc3)cc(-c3ccc(F)cc3)c2o1)N1Cc2ccncc2C1.c1cc2c(cn1)CNC2. The molecule has 4 aromatic heterocycles. The zero-order valence-corrected chi connectivity index (χ0v) is 47.9. The van der Waals surface area contributed by atoms with E-state index in [4.69, 9.17) is 14.6 Å². The molecule has 18 heteroatoms. The topological polar surface area (TPSA) is 151 Å². The standard InChI is InChI=1S/C36H30F3N3O3.C27H23F3N2O2.C7H8N2/c37-30-7-5-24(6-8-30)32-19-27(23-1-3-25(4-2-23)35(44)41-15-12-36(38,39)13-16-41)17-28-18-31(45-34(28)32)9-10-33(43)42-21-26-11-14-40-20-29(26)22-42;28-22-7-5-18(6-8-22)24-15-20(13-21-14-23(16-31)34-25(21)24)17-1-3-19(4-2-17)26(33)32-11-9-27(29,30)10-12-32;1-2-8-4-7-5-9-3-6(1)7/h1-8,11,14,17-20H,9-10,12-13,15-16,21-22H2;1-8,13-15H,9-12,16,31H2;1-2,4,9H,3,5H2. The summed E-state index contributed by atoms with van der Waals surface area (Å²) in [5, 5.41) is 4.95. The predicted octanol–water partition coefficient (Wildman–Crippen LogP) is 14.6. The van der Waals surface area contributed by atoms with Gasteiger partial charge < -0.3 is 34.6 Å². The molecule has 0 atom stereocenters. The van der Waals surface area contributed by atoms with Gasteiger partial charge in [-0.05, 0) is 153 Å². The molecule has 0 saturated carbocycles. The Balaban J connectivity index is 0.000000154. The van der Waals surface area contributed by atoms with Crippen LogP contribution in [0.25, 0.3) is 66.4 Å². The Hall–Kier alpha value is -9.39. The lowest BCUT2D eigenvalue weighted by molar-refractivity contribution is -0.131. The number of nitrogens with two attached hydrogens (primary N) is 1. The number of aryl methyl sites for hydroxylation is 1. The molecule has 0 spiro atoms. The number of fused-ring (bicyclic) bond motifs is 4. The Morgan fingerprint density at radius 2 is 0.920 bits per heavy atom. The van der Waals surface area contributed by atoms with Crippen molar-refractivity contribution in [3.8, 4) is 44.5 Å². The molecular weight excluding hydrogens is 1130 g/mol. The maximum atomic E-state index is 13.8. The molecule has 3 amide bonds. The Bertz CT molecular complexity index is 4120. The number of halogens is 6. The molecule has 3 N–H and O–H groups in total. The van der Waals surface area contributed by atoms with E-state index in [0.29, 0.717) is 59.7 Å². The van der Waals surface area contributed by atoms with Crippen LogP contribution >= 0.6 is 0 Å². The van der Waals surface area contributed by atoms with Crippen LogP contribution in [-0.2, 0) is 43.9 Å². The molecule has 2 saturated heterocycles. The minimum absolute atomic E-state index is 0.0306. The van der Waals surface area contributed by atoms with Gasteiger partial charge in [-0.15, -0.1) is 0 Å². The van der Waals surface area contributed by atoms with Crippen LogP contribution in [0.5, 0.6) is 0 Å². The summed E-state index contributed by atoms with van der Waals surface area (Å²) in [5.74, 6) is -5.23. The number of aromatic nitrogens is 2. The van der Waals surface area contributed by atoms with Gasteiger partial charge in [-0.2, -0.15) is 0 Å². The van der Waals surface area contributed by atoms with E-state index in [1.165, 1.54) is 45.2 Å². The van der Waals surface area contributed by atoms with Gasteiger partial charge >= 0.3 is 0 Å². The first-order chi connectivity index (χ1) is 42.5. The molecule has 88 heavy (non-hydrogen) atoms. The van der Waals surface area contributed by atoms with Crippen LogP contribution in [0.3, 0.4) is 0 Å². The third-order valence-electron chi connectivity index (χ3n) is 16.6. The number of benzene rings is 6. The molecule has 0 unspecified atom stereocenters. The van der Waals surface area contributed by atoms with Crippen molar-refractivity contribution < 1.29 is 49.6 Å². The van der Waals surface area contributed by atoms with Crippen LogP contribution in [0.4, 0.5) is 26.3 Å². The van der Waals surface area contributed by atoms with E-state index in [-0.39, 0.29) is 87.8 Å². The maximum Gasteiger partial charge on any atom is 0.253 e. The Morgan fingerprint density at radius 3 is 1.40 bits per heavy atom. The normalized spacial score (nSPS) is 15.7. The minimum atomic E-state index is -2.72. The second kappa shape index (κ2) is 25.1. The average molecular weight is 1190 g/mol. The van der Waals surface area contributed by atoms with Gasteiger partial charge in [-0.3, -0.25) is 24.4 Å². The van der Waals surface area contributed by atoms with Crippen molar-refractivity contribution in [2.45, 2.75) is 83.1 Å². The Labute approximate surface area is 503 Å². The van der Waals surface area contributed by atoms with Crippen molar-refractivity contribution in [2.24, 2.45) is 5.73 Å². The summed E-state index contributed by atoms with van der Waals surface area (Å²) in [6.07, 6.45) is 6.77. The number of carbonyl (C=O) groups is 3. The van der Waals surface area contributed by atoms with Gasteiger partial charge in [0.25, 0.3) is 23.7 Å². The van der Waals surface area contributed by atoms with E-state index in [9.17, 15) is 40.7 Å². The molecule has 4 aliphatic heterocycles. The number of nitrogens with one attached hydrogen (secondary N) is 1. The van der Waals surface area contributed by atoms with Gasteiger partial charge in [0.05, 0.1) is 6.54 Å². The number of hydrogen-bond donors (Lipinski definition) is 2. The lowest BCUT2D eigenvalue weighted by Gasteiger charge is -2.31. The molecule has 14 rings (SSSR count). The summed E-state index contributed by atoms with van der Waals surface area (Å²) in [6.45, 7) is 3.55. The van der Waals surface area contributed by atoms with Gasteiger partial charge in [-0.25, -0.2) is 26.3 Å². The van der Waals surface area contributed by atoms with Crippen LogP contribution in [0.2, 0.25) is 0 Å². The zero-order valence-electron chi connectivity index (χ0n) is 47.9. The largest absolute Gasteiger partial charge is 0.460 e. The van der Waals surface area contributed by atoms with Crippen molar-refractivity contribution in [2.75, 3.05) is 26.2 Å². The zero-order chi connectivity index (χ0) is 61.1.